The second kappa shape index (κ2) is 9.22. The lowest BCUT2D eigenvalue weighted by Crippen LogP contribution is -2.39. The Kier molecular flexibility index (Phi) is 7.28. The molecule has 0 bridgehead atoms. The molecule has 0 amide bonds. The third-order valence-electron chi connectivity index (χ3n) is 4.12. The summed E-state index contributed by atoms with van der Waals surface area (Å²) < 4.78 is 10.8. The Balaban J connectivity index is 2.44. The topological polar surface area (TPSA) is 21.7 Å². The summed E-state index contributed by atoms with van der Waals surface area (Å²) in [5.74, 6) is 0.900. The average Bonchev–Trinajstić information content (AvgIpc) is 2.56. The van der Waals surface area contributed by atoms with Crippen molar-refractivity contribution in [2.45, 2.75) is 46.7 Å². The van der Waals surface area contributed by atoms with Gasteiger partial charge in [0.05, 0.1) is 0 Å². The molecular formula is C21H30NO2P. The van der Waals surface area contributed by atoms with E-state index in [4.69, 9.17) is 9.47 Å². The largest absolute Gasteiger partial charge is 0.467 e. The SMILES string of the molecule is COCOc1ccccc1Pc1c(C)cccc1N(C(C)C)C(C)C. The van der Waals surface area contributed by atoms with Crippen molar-refractivity contribution in [1.82, 2.24) is 0 Å². The Hall–Kier alpha value is -1.57. The van der Waals surface area contributed by atoms with E-state index in [2.05, 4.69) is 69.9 Å². The van der Waals surface area contributed by atoms with Gasteiger partial charge in [0.15, 0.2) is 6.79 Å². The van der Waals surface area contributed by atoms with Gasteiger partial charge in [-0.25, -0.2) is 0 Å². The van der Waals surface area contributed by atoms with Crippen molar-refractivity contribution in [3.8, 4) is 5.75 Å². The van der Waals surface area contributed by atoms with Crippen LogP contribution in [-0.4, -0.2) is 26.0 Å². The fraction of sp³-hybridized carbons (Fsp3) is 0.429. The number of hydrogen-bond donors (Lipinski definition) is 0. The zero-order valence-corrected chi connectivity index (χ0v) is 17.2. The molecule has 0 saturated heterocycles. The van der Waals surface area contributed by atoms with Crippen molar-refractivity contribution in [2.24, 2.45) is 0 Å². The highest BCUT2D eigenvalue weighted by atomic mass is 31.1. The monoisotopic (exact) mass is 359 g/mol. The summed E-state index contributed by atoms with van der Waals surface area (Å²) in [5.41, 5.74) is 2.65. The first-order valence-electron chi connectivity index (χ1n) is 8.81. The van der Waals surface area contributed by atoms with E-state index >= 15 is 0 Å². The predicted octanol–water partition coefficient (Wildman–Crippen LogP) is 4.23. The van der Waals surface area contributed by atoms with Crippen LogP contribution in [0.4, 0.5) is 5.69 Å². The molecule has 0 N–H and O–H groups in total. The summed E-state index contributed by atoms with van der Waals surface area (Å²) in [5, 5.41) is 2.60. The number of anilines is 1. The molecule has 0 radical (unpaired) electrons. The number of benzene rings is 2. The van der Waals surface area contributed by atoms with Gasteiger partial charge in [0.2, 0.25) is 0 Å². The summed E-state index contributed by atoms with van der Waals surface area (Å²) in [6.45, 7) is 11.5. The van der Waals surface area contributed by atoms with Crippen LogP contribution in [0.2, 0.25) is 0 Å². The van der Waals surface area contributed by atoms with Gasteiger partial charge in [-0.15, -0.1) is 0 Å². The molecule has 0 spiro atoms. The van der Waals surface area contributed by atoms with Crippen LogP contribution in [-0.2, 0) is 4.74 Å². The second-order valence-electron chi connectivity index (χ2n) is 6.74. The van der Waals surface area contributed by atoms with Gasteiger partial charge in [-0.3, -0.25) is 0 Å². The quantitative estimate of drug-likeness (QED) is 0.520. The number of rotatable bonds is 8. The number of methoxy groups -OCH3 is 1. The van der Waals surface area contributed by atoms with Gasteiger partial charge in [0, 0.05) is 35.5 Å². The van der Waals surface area contributed by atoms with Crippen LogP contribution < -0.4 is 20.2 Å². The summed E-state index contributed by atoms with van der Waals surface area (Å²) in [4.78, 5) is 2.49. The van der Waals surface area contributed by atoms with E-state index in [9.17, 15) is 0 Å². The fourth-order valence-electron chi connectivity index (χ4n) is 3.14. The highest BCUT2D eigenvalue weighted by Gasteiger charge is 2.19. The molecule has 0 aromatic heterocycles. The van der Waals surface area contributed by atoms with Crippen molar-refractivity contribution >= 4 is 24.9 Å². The minimum atomic E-state index is 0.270. The minimum Gasteiger partial charge on any atom is -0.467 e. The maximum atomic E-state index is 5.76. The Morgan fingerprint density at radius 1 is 0.960 bits per heavy atom. The number of ether oxygens (including phenoxy) is 2. The smallest absolute Gasteiger partial charge is 0.188 e. The highest BCUT2D eigenvalue weighted by Crippen LogP contribution is 2.28. The lowest BCUT2D eigenvalue weighted by atomic mass is 10.1. The van der Waals surface area contributed by atoms with Crippen molar-refractivity contribution in [2.75, 3.05) is 18.8 Å². The van der Waals surface area contributed by atoms with Crippen LogP contribution in [0.5, 0.6) is 5.75 Å². The highest BCUT2D eigenvalue weighted by molar-refractivity contribution is 7.56. The van der Waals surface area contributed by atoms with Crippen LogP contribution in [0.1, 0.15) is 33.3 Å². The molecule has 0 saturated carbocycles. The van der Waals surface area contributed by atoms with Crippen molar-refractivity contribution in [3.63, 3.8) is 0 Å². The van der Waals surface area contributed by atoms with Gasteiger partial charge in [-0.1, -0.05) is 38.9 Å². The molecule has 136 valence electrons. The van der Waals surface area contributed by atoms with Crippen molar-refractivity contribution < 1.29 is 9.47 Å². The van der Waals surface area contributed by atoms with E-state index in [-0.39, 0.29) is 6.79 Å². The van der Waals surface area contributed by atoms with Crippen LogP contribution in [0.3, 0.4) is 0 Å². The van der Waals surface area contributed by atoms with E-state index in [1.165, 1.54) is 21.9 Å². The van der Waals surface area contributed by atoms with Gasteiger partial charge in [-0.05, 0) is 52.3 Å². The third kappa shape index (κ3) is 4.96. The molecule has 2 aromatic carbocycles. The molecule has 1 atom stereocenters. The van der Waals surface area contributed by atoms with Crippen molar-refractivity contribution in [1.29, 1.82) is 0 Å². The van der Waals surface area contributed by atoms with E-state index < -0.39 is 0 Å². The number of hydrogen-bond acceptors (Lipinski definition) is 3. The Labute approximate surface area is 154 Å². The molecule has 1 unspecified atom stereocenters. The summed E-state index contributed by atoms with van der Waals surface area (Å²) >= 11 is 0. The first kappa shape index (κ1) is 19.8. The molecule has 2 aromatic rings. The number of nitrogens with zero attached hydrogens (tertiary/aromatic N) is 1. The molecule has 2 rings (SSSR count). The van der Waals surface area contributed by atoms with Crippen LogP contribution in [0, 0.1) is 6.92 Å². The number of para-hydroxylation sites is 1. The lowest BCUT2D eigenvalue weighted by molar-refractivity contribution is 0.0519. The zero-order valence-electron chi connectivity index (χ0n) is 16.2. The molecule has 0 aliphatic rings. The van der Waals surface area contributed by atoms with Gasteiger partial charge in [0.1, 0.15) is 5.75 Å². The third-order valence-corrected chi connectivity index (χ3v) is 5.70. The molecular weight excluding hydrogens is 329 g/mol. The zero-order chi connectivity index (χ0) is 18.4. The van der Waals surface area contributed by atoms with E-state index in [1.54, 1.807) is 7.11 Å². The molecule has 0 fully saturated rings. The normalized spacial score (nSPS) is 11.7. The lowest BCUT2D eigenvalue weighted by Gasteiger charge is -2.35. The van der Waals surface area contributed by atoms with Gasteiger partial charge in [0.25, 0.3) is 0 Å². The molecule has 0 heterocycles. The Morgan fingerprint density at radius 2 is 1.64 bits per heavy atom. The predicted molar refractivity (Wildman–Crippen MR) is 110 cm³/mol. The molecule has 0 aliphatic heterocycles. The maximum absolute atomic E-state index is 5.76. The molecule has 4 heteroatoms. The van der Waals surface area contributed by atoms with Gasteiger partial charge >= 0.3 is 0 Å². The Bertz CT molecular complexity index is 677. The average molecular weight is 359 g/mol. The van der Waals surface area contributed by atoms with Gasteiger partial charge in [-0.2, -0.15) is 0 Å². The minimum absolute atomic E-state index is 0.270. The summed E-state index contributed by atoms with van der Waals surface area (Å²) in [7, 11) is 2.19. The van der Waals surface area contributed by atoms with Crippen LogP contribution in [0.25, 0.3) is 0 Å². The van der Waals surface area contributed by atoms with Crippen LogP contribution in [0.15, 0.2) is 42.5 Å². The molecule has 25 heavy (non-hydrogen) atoms. The molecule has 0 aliphatic carbocycles. The summed E-state index contributed by atoms with van der Waals surface area (Å²) in [6.07, 6.45) is 0. The maximum Gasteiger partial charge on any atom is 0.188 e. The van der Waals surface area contributed by atoms with Crippen LogP contribution >= 0.6 is 8.58 Å². The molecule has 3 nitrogen and oxygen atoms in total. The van der Waals surface area contributed by atoms with E-state index in [0.717, 1.165) is 5.75 Å². The Morgan fingerprint density at radius 3 is 2.28 bits per heavy atom. The number of aryl methyl sites for hydroxylation is 1. The first-order chi connectivity index (χ1) is 12.0. The van der Waals surface area contributed by atoms with Crippen molar-refractivity contribution in [3.05, 3.63) is 48.0 Å². The van der Waals surface area contributed by atoms with E-state index in [0.29, 0.717) is 20.7 Å². The second-order valence-corrected chi connectivity index (χ2v) is 8.02. The summed E-state index contributed by atoms with van der Waals surface area (Å²) in [6, 6.07) is 15.7. The van der Waals surface area contributed by atoms with E-state index in [1.807, 2.05) is 12.1 Å². The first-order valence-corrected chi connectivity index (χ1v) is 9.81. The fourth-order valence-corrected chi connectivity index (χ4v) is 4.48. The standard InChI is InChI=1S/C21H30NO2P/c1-15(2)22(16(3)4)18-11-9-10-17(5)21(18)25-20-13-8-7-12-19(20)24-14-23-6/h7-13,15-16,25H,14H2,1-6H3. The van der Waals surface area contributed by atoms with Gasteiger partial charge < -0.3 is 14.4 Å².